The average molecular weight is 296 g/mol. The van der Waals surface area contributed by atoms with Gasteiger partial charge in [0.05, 0.1) is 39.6 Å². The van der Waals surface area contributed by atoms with Gasteiger partial charge in [-0.1, -0.05) is 13.2 Å². The molecule has 0 aromatic heterocycles. The Labute approximate surface area is 118 Å². The molecule has 1 fully saturated rings. The molecule has 0 atom stereocenters. The van der Waals surface area contributed by atoms with Crippen molar-refractivity contribution in [1.82, 2.24) is 0 Å². The molecule has 1 aliphatic rings. The Morgan fingerprint density at radius 2 is 1.56 bits per heavy atom. The van der Waals surface area contributed by atoms with Gasteiger partial charge in [0.2, 0.25) is 0 Å². The summed E-state index contributed by atoms with van der Waals surface area (Å²) in [6.07, 6.45) is 0. The molecule has 1 saturated heterocycles. The van der Waals surface area contributed by atoms with Crippen molar-refractivity contribution in [2.24, 2.45) is 0 Å². The molecule has 0 radical (unpaired) electrons. The van der Waals surface area contributed by atoms with Gasteiger partial charge in [0, 0.05) is 11.5 Å². The van der Waals surface area contributed by atoms with Gasteiger partial charge in [-0.2, -0.15) is 0 Å². The summed E-state index contributed by atoms with van der Waals surface area (Å²) in [4.78, 5) is 0. The number of aliphatic hydroxyl groups is 2. The van der Waals surface area contributed by atoms with Crippen molar-refractivity contribution >= 4 is 23.5 Å². The summed E-state index contributed by atoms with van der Waals surface area (Å²) in [6.45, 7) is 10.5. The predicted molar refractivity (Wildman–Crippen MR) is 81.1 cm³/mol. The van der Waals surface area contributed by atoms with Crippen LogP contribution in [0.4, 0.5) is 0 Å². The maximum Gasteiger partial charge on any atom is 0.0701 e. The molecule has 4 nitrogen and oxygen atoms in total. The van der Waals surface area contributed by atoms with Crippen LogP contribution in [0.5, 0.6) is 0 Å². The highest BCUT2D eigenvalue weighted by Gasteiger charge is 1.94. The van der Waals surface area contributed by atoms with Gasteiger partial charge in [0.25, 0.3) is 0 Å². The normalized spacial score (nSPS) is 11.4. The third kappa shape index (κ3) is 36.0. The van der Waals surface area contributed by atoms with E-state index in [0.29, 0.717) is 13.2 Å². The third-order valence-corrected chi connectivity index (χ3v) is 2.52. The first-order valence-electron chi connectivity index (χ1n) is 5.65. The molecule has 0 amide bonds. The quantitative estimate of drug-likeness (QED) is 0.499. The highest BCUT2D eigenvalue weighted by atomic mass is 32.2. The van der Waals surface area contributed by atoms with Crippen LogP contribution in [-0.4, -0.2) is 61.4 Å². The molecule has 1 rings (SSSR count). The second-order valence-electron chi connectivity index (χ2n) is 2.75. The van der Waals surface area contributed by atoms with Gasteiger partial charge in [-0.3, -0.25) is 0 Å². The Bertz CT molecular complexity index is 163. The van der Waals surface area contributed by atoms with Crippen LogP contribution in [0.25, 0.3) is 0 Å². The molecule has 0 unspecified atom stereocenters. The van der Waals surface area contributed by atoms with Crippen molar-refractivity contribution in [2.45, 2.75) is 0 Å². The molecule has 1 heterocycles. The van der Waals surface area contributed by atoms with E-state index in [4.69, 9.17) is 14.9 Å². The number of hydrogen-bond donors (Lipinski definition) is 2. The zero-order chi connectivity index (χ0) is 13.9. The van der Waals surface area contributed by atoms with E-state index < -0.39 is 0 Å². The van der Waals surface area contributed by atoms with Crippen LogP contribution in [0.2, 0.25) is 0 Å². The fraction of sp³-hybridized carbons (Fsp3) is 0.667. The lowest BCUT2D eigenvalue weighted by Crippen LogP contribution is -2.01. The van der Waals surface area contributed by atoms with Gasteiger partial charge in [-0.05, 0) is 10.8 Å². The zero-order valence-corrected chi connectivity index (χ0v) is 12.4. The summed E-state index contributed by atoms with van der Waals surface area (Å²) < 4.78 is 9.47. The first-order chi connectivity index (χ1) is 8.83. The Hall–Kier alpha value is 0.0200. The third-order valence-electron chi connectivity index (χ3n) is 1.23. The van der Waals surface area contributed by atoms with Crippen molar-refractivity contribution in [3.8, 4) is 0 Å². The lowest BCUT2D eigenvalue weighted by molar-refractivity contribution is 0.103. The Morgan fingerprint density at radius 3 is 1.89 bits per heavy atom. The first-order valence-corrected chi connectivity index (χ1v) is 7.75. The number of hydrogen-bond acceptors (Lipinski definition) is 6. The minimum Gasteiger partial charge on any atom is -0.396 e. The molecule has 1 aliphatic heterocycles. The smallest absolute Gasteiger partial charge is 0.0701 e. The second kappa shape index (κ2) is 22.2. The fourth-order valence-corrected chi connectivity index (χ4v) is 1.15. The minimum absolute atomic E-state index is 0.110. The maximum absolute atomic E-state index is 8.27. The van der Waals surface area contributed by atoms with Crippen molar-refractivity contribution < 1.29 is 19.7 Å². The van der Waals surface area contributed by atoms with E-state index in [2.05, 4.69) is 17.9 Å². The van der Waals surface area contributed by atoms with E-state index >= 15 is 0 Å². The highest BCUT2D eigenvalue weighted by molar-refractivity contribution is 8.02. The van der Waals surface area contributed by atoms with E-state index in [1.165, 1.54) is 11.8 Å². The van der Waals surface area contributed by atoms with E-state index in [1.807, 2.05) is 0 Å². The van der Waals surface area contributed by atoms with E-state index in [1.54, 1.807) is 22.6 Å². The van der Waals surface area contributed by atoms with Crippen LogP contribution in [0.3, 0.4) is 0 Å². The molecule has 6 heteroatoms. The van der Waals surface area contributed by atoms with Gasteiger partial charge in [0.1, 0.15) is 0 Å². The van der Waals surface area contributed by atoms with Crippen LogP contribution in [0.15, 0.2) is 24.0 Å². The highest BCUT2D eigenvalue weighted by Crippen LogP contribution is 1.97. The SMILES string of the molecule is C1CO1.C=CSCCO.C=CSCCOCCO. The van der Waals surface area contributed by atoms with Crippen LogP contribution >= 0.6 is 23.5 Å². The molecule has 0 aromatic carbocycles. The monoisotopic (exact) mass is 296 g/mol. The van der Waals surface area contributed by atoms with Crippen LogP contribution < -0.4 is 0 Å². The molecule has 0 aliphatic carbocycles. The van der Waals surface area contributed by atoms with Crippen LogP contribution in [0.1, 0.15) is 0 Å². The van der Waals surface area contributed by atoms with Gasteiger partial charge in [0.15, 0.2) is 0 Å². The fourth-order valence-electron chi connectivity index (χ4n) is 0.493. The largest absolute Gasteiger partial charge is 0.396 e. The molecule has 0 aromatic rings. The zero-order valence-electron chi connectivity index (χ0n) is 10.8. The summed E-state index contributed by atoms with van der Waals surface area (Å²) in [5.74, 6) is 1.69. The van der Waals surface area contributed by atoms with E-state index in [-0.39, 0.29) is 13.2 Å². The topological polar surface area (TPSA) is 62.2 Å². The molecule has 108 valence electrons. The number of aliphatic hydroxyl groups excluding tert-OH is 2. The Morgan fingerprint density at radius 1 is 1.00 bits per heavy atom. The van der Waals surface area contributed by atoms with Gasteiger partial charge in [-0.25, -0.2) is 0 Å². The number of epoxide rings is 1. The average Bonchev–Trinajstić information content (AvgIpc) is 3.25. The summed E-state index contributed by atoms with van der Waals surface area (Å²) >= 11 is 3.14. The maximum atomic E-state index is 8.27. The lowest BCUT2D eigenvalue weighted by Gasteiger charge is -1.97. The van der Waals surface area contributed by atoms with Crippen molar-refractivity contribution in [1.29, 1.82) is 0 Å². The number of ether oxygens (including phenoxy) is 2. The second-order valence-corrected chi connectivity index (χ2v) is 4.90. The van der Waals surface area contributed by atoms with E-state index in [0.717, 1.165) is 24.7 Å². The first kappa shape index (κ1) is 20.3. The van der Waals surface area contributed by atoms with Crippen LogP contribution in [0, 0.1) is 0 Å². The van der Waals surface area contributed by atoms with Crippen molar-refractivity contribution in [2.75, 3.05) is 51.1 Å². The van der Waals surface area contributed by atoms with Crippen molar-refractivity contribution in [3.05, 3.63) is 24.0 Å². The van der Waals surface area contributed by atoms with Gasteiger partial charge < -0.3 is 19.7 Å². The Balaban J connectivity index is 0. The molecule has 0 bridgehead atoms. The van der Waals surface area contributed by atoms with E-state index in [9.17, 15) is 0 Å². The van der Waals surface area contributed by atoms with Crippen LogP contribution in [-0.2, 0) is 9.47 Å². The molecule has 0 spiro atoms. The Kier molecular flexibility index (Phi) is 25.1. The number of rotatable bonds is 9. The molecule has 2 N–H and O–H groups in total. The molecular formula is C12H24O4S2. The molecular weight excluding hydrogens is 272 g/mol. The minimum atomic E-state index is 0.110. The lowest BCUT2D eigenvalue weighted by atomic mass is 10.7. The molecule has 0 saturated carbocycles. The summed E-state index contributed by atoms with van der Waals surface area (Å²) in [5.41, 5.74) is 0. The standard InChI is InChI=1S/C6H12O2S.C4H8OS.C2H4O/c1-2-9-6-5-8-4-3-7;1-2-6-4-3-5;1-2-3-1/h2,7H,1,3-6H2;2,5H,1,3-4H2;1-2H2. The summed E-state index contributed by atoms with van der Waals surface area (Å²) in [5, 5.41) is 19.9. The van der Waals surface area contributed by atoms with Gasteiger partial charge >= 0.3 is 0 Å². The summed E-state index contributed by atoms with van der Waals surface area (Å²) in [6, 6.07) is 0. The van der Waals surface area contributed by atoms with Crippen molar-refractivity contribution in [3.63, 3.8) is 0 Å². The summed E-state index contributed by atoms with van der Waals surface area (Å²) in [7, 11) is 0. The predicted octanol–water partition coefficient (Wildman–Crippen LogP) is 1.74. The van der Waals surface area contributed by atoms with Gasteiger partial charge in [-0.15, -0.1) is 23.5 Å². The molecule has 18 heavy (non-hydrogen) atoms. The number of thioether (sulfide) groups is 2.